The summed E-state index contributed by atoms with van der Waals surface area (Å²) in [4.78, 5) is 12.8. The third kappa shape index (κ3) is 3.61. The Morgan fingerprint density at radius 1 is 1.40 bits per heavy atom. The second-order valence-electron chi connectivity index (χ2n) is 4.44. The van der Waals surface area contributed by atoms with E-state index in [4.69, 9.17) is 11.6 Å². The molecule has 0 unspecified atom stereocenters. The van der Waals surface area contributed by atoms with Crippen molar-refractivity contribution in [3.63, 3.8) is 0 Å². The summed E-state index contributed by atoms with van der Waals surface area (Å²) in [6, 6.07) is 6.09. The van der Waals surface area contributed by atoms with Crippen LogP contribution < -0.4 is 0 Å². The highest BCUT2D eigenvalue weighted by molar-refractivity contribution is 8.00. The maximum Gasteiger partial charge on any atom is 0.147 e. The van der Waals surface area contributed by atoms with Crippen LogP contribution in [0.5, 0.6) is 0 Å². The highest BCUT2D eigenvalue weighted by Crippen LogP contribution is 2.22. The molecule has 0 aliphatic heterocycles. The van der Waals surface area contributed by atoms with E-state index >= 15 is 0 Å². The van der Waals surface area contributed by atoms with Gasteiger partial charge in [-0.25, -0.2) is 4.39 Å². The summed E-state index contributed by atoms with van der Waals surface area (Å²) in [5.74, 6) is 0.117. The quantitative estimate of drug-likeness (QED) is 0.793. The van der Waals surface area contributed by atoms with E-state index in [1.54, 1.807) is 23.9 Å². The summed E-state index contributed by atoms with van der Waals surface area (Å²) in [5.41, 5.74) is 1.55. The highest BCUT2D eigenvalue weighted by Gasteiger charge is 2.15. The molecule has 0 saturated heterocycles. The number of halogens is 2. The lowest BCUT2D eigenvalue weighted by atomic mass is 10.1. The van der Waals surface area contributed by atoms with Crippen LogP contribution in [0.2, 0.25) is 5.15 Å². The van der Waals surface area contributed by atoms with E-state index in [0.717, 1.165) is 16.2 Å². The number of rotatable bonds is 5. The zero-order valence-corrected chi connectivity index (χ0v) is 12.8. The zero-order chi connectivity index (χ0) is 14.7. The van der Waals surface area contributed by atoms with Gasteiger partial charge in [0, 0.05) is 23.9 Å². The van der Waals surface area contributed by atoms with Crippen LogP contribution >= 0.6 is 23.4 Å². The first-order valence-corrected chi connectivity index (χ1v) is 7.41. The molecule has 106 valence electrons. The van der Waals surface area contributed by atoms with Gasteiger partial charge in [-0.15, -0.1) is 11.8 Å². The standard InChI is InChI=1S/C14H14ClFN2OS/c1-9-13(14(15)18(2)17-9)7-11(19)8-20-12-5-3-10(16)4-6-12/h3-6H,7-8H2,1-2H3. The lowest BCUT2D eigenvalue weighted by molar-refractivity contribution is -0.116. The van der Waals surface area contributed by atoms with Gasteiger partial charge in [0.05, 0.1) is 11.4 Å². The van der Waals surface area contributed by atoms with Gasteiger partial charge in [-0.1, -0.05) is 11.6 Å². The normalized spacial score (nSPS) is 10.8. The molecule has 3 nitrogen and oxygen atoms in total. The Morgan fingerprint density at radius 3 is 2.60 bits per heavy atom. The molecule has 1 aromatic carbocycles. The Hall–Kier alpha value is -1.33. The molecule has 2 rings (SSSR count). The molecular weight excluding hydrogens is 299 g/mol. The summed E-state index contributed by atoms with van der Waals surface area (Å²) in [6.07, 6.45) is 0.271. The number of ketones is 1. The number of carbonyl (C=O) groups excluding carboxylic acids is 1. The second kappa shape index (κ2) is 6.41. The van der Waals surface area contributed by atoms with E-state index in [-0.39, 0.29) is 18.0 Å². The molecule has 6 heteroatoms. The molecule has 0 fully saturated rings. The molecular formula is C14H14ClFN2OS. The number of aryl methyl sites for hydroxylation is 2. The molecule has 0 aliphatic carbocycles. The zero-order valence-electron chi connectivity index (χ0n) is 11.2. The van der Waals surface area contributed by atoms with Crippen molar-refractivity contribution in [2.75, 3.05) is 5.75 Å². The van der Waals surface area contributed by atoms with Crippen LogP contribution in [0.15, 0.2) is 29.2 Å². The van der Waals surface area contributed by atoms with Crippen LogP contribution in [0.4, 0.5) is 4.39 Å². The van der Waals surface area contributed by atoms with Crippen LogP contribution in [0, 0.1) is 12.7 Å². The molecule has 0 aliphatic rings. The third-order valence-electron chi connectivity index (χ3n) is 2.86. The van der Waals surface area contributed by atoms with Crippen LogP contribution in [0.1, 0.15) is 11.3 Å². The molecule has 0 N–H and O–H groups in total. The topological polar surface area (TPSA) is 34.9 Å². The van der Waals surface area contributed by atoms with Crippen molar-refractivity contribution in [3.8, 4) is 0 Å². The van der Waals surface area contributed by atoms with Crippen LogP contribution in [0.3, 0.4) is 0 Å². The van der Waals surface area contributed by atoms with Crippen molar-refractivity contribution < 1.29 is 9.18 Å². The lowest BCUT2D eigenvalue weighted by Crippen LogP contribution is -2.06. The maximum atomic E-state index is 12.8. The van der Waals surface area contributed by atoms with Crippen molar-refractivity contribution in [2.24, 2.45) is 7.05 Å². The van der Waals surface area contributed by atoms with Gasteiger partial charge in [-0.05, 0) is 31.2 Å². The predicted molar refractivity (Wildman–Crippen MR) is 78.8 cm³/mol. The average molecular weight is 313 g/mol. The Labute approximate surface area is 126 Å². The number of nitrogens with zero attached hydrogens (tertiary/aromatic N) is 2. The number of hydrogen-bond donors (Lipinski definition) is 0. The number of aromatic nitrogens is 2. The summed E-state index contributed by atoms with van der Waals surface area (Å²) in [6.45, 7) is 1.83. The van der Waals surface area contributed by atoms with Crippen molar-refractivity contribution in [3.05, 3.63) is 46.5 Å². The molecule has 2 aromatic rings. The molecule has 20 heavy (non-hydrogen) atoms. The van der Waals surface area contributed by atoms with Gasteiger partial charge in [-0.3, -0.25) is 9.48 Å². The molecule has 0 saturated carbocycles. The number of carbonyl (C=O) groups is 1. The minimum Gasteiger partial charge on any atom is -0.298 e. The average Bonchev–Trinajstić information content (AvgIpc) is 2.65. The van der Waals surface area contributed by atoms with E-state index in [1.807, 2.05) is 6.92 Å². The molecule has 0 atom stereocenters. The van der Waals surface area contributed by atoms with Crippen molar-refractivity contribution in [1.82, 2.24) is 9.78 Å². The fourth-order valence-corrected chi connectivity index (χ4v) is 2.82. The third-order valence-corrected chi connectivity index (χ3v) is 4.40. The van der Waals surface area contributed by atoms with Gasteiger partial charge >= 0.3 is 0 Å². The first-order chi connectivity index (χ1) is 9.47. The van der Waals surface area contributed by atoms with Gasteiger partial charge in [0.2, 0.25) is 0 Å². The first kappa shape index (κ1) is 15.1. The molecule has 0 radical (unpaired) electrons. The summed E-state index contributed by atoms with van der Waals surface area (Å²) in [5, 5.41) is 4.68. The van der Waals surface area contributed by atoms with Crippen LogP contribution in [-0.2, 0) is 18.3 Å². The fraction of sp³-hybridized carbons (Fsp3) is 0.286. The van der Waals surface area contributed by atoms with E-state index in [2.05, 4.69) is 5.10 Å². The van der Waals surface area contributed by atoms with E-state index in [0.29, 0.717) is 10.9 Å². The van der Waals surface area contributed by atoms with Crippen molar-refractivity contribution >= 4 is 29.1 Å². The Bertz CT molecular complexity index is 625. The first-order valence-electron chi connectivity index (χ1n) is 6.05. The highest BCUT2D eigenvalue weighted by atomic mass is 35.5. The fourth-order valence-electron chi connectivity index (χ4n) is 1.82. The van der Waals surface area contributed by atoms with E-state index in [1.165, 1.54) is 23.9 Å². The Morgan fingerprint density at radius 2 is 2.05 bits per heavy atom. The summed E-state index contributed by atoms with van der Waals surface area (Å²) < 4.78 is 14.3. The van der Waals surface area contributed by atoms with Gasteiger partial charge in [0.25, 0.3) is 0 Å². The van der Waals surface area contributed by atoms with Crippen molar-refractivity contribution in [2.45, 2.75) is 18.2 Å². The lowest BCUT2D eigenvalue weighted by Gasteiger charge is -2.02. The number of Topliss-reactive ketones (excluding diaryl/α,β-unsaturated/α-hetero) is 1. The van der Waals surface area contributed by atoms with Crippen LogP contribution in [-0.4, -0.2) is 21.3 Å². The maximum absolute atomic E-state index is 12.8. The van der Waals surface area contributed by atoms with Gasteiger partial charge < -0.3 is 0 Å². The monoisotopic (exact) mass is 312 g/mol. The molecule has 1 heterocycles. The SMILES string of the molecule is Cc1nn(C)c(Cl)c1CC(=O)CSc1ccc(F)cc1. The summed E-state index contributed by atoms with van der Waals surface area (Å²) in [7, 11) is 1.75. The number of benzene rings is 1. The summed E-state index contributed by atoms with van der Waals surface area (Å²) >= 11 is 7.48. The van der Waals surface area contributed by atoms with E-state index < -0.39 is 0 Å². The molecule has 0 bridgehead atoms. The Balaban J connectivity index is 1.94. The molecule has 0 amide bonds. The minimum atomic E-state index is -0.279. The molecule has 0 spiro atoms. The smallest absolute Gasteiger partial charge is 0.147 e. The number of thioether (sulfide) groups is 1. The van der Waals surface area contributed by atoms with Crippen molar-refractivity contribution in [1.29, 1.82) is 0 Å². The molecule has 1 aromatic heterocycles. The van der Waals surface area contributed by atoms with Crippen LogP contribution in [0.25, 0.3) is 0 Å². The van der Waals surface area contributed by atoms with Gasteiger partial charge in [-0.2, -0.15) is 5.10 Å². The second-order valence-corrected chi connectivity index (χ2v) is 5.84. The predicted octanol–water partition coefficient (Wildman–Crippen LogP) is 3.42. The minimum absolute atomic E-state index is 0.0670. The number of hydrogen-bond acceptors (Lipinski definition) is 3. The van der Waals surface area contributed by atoms with Gasteiger partial charge in [0.1, 0.15) is 16.8 Å². The largest absolute Gasteiger partial charge is 0.298 e. The van der Waals surface area contributed by atoms with Gasteiger partial charge in [0.15, 0.2) is 0 Å². The Kier molecular flexibility index (Phi) is 4.83. The van der Waals surface area contributed by atoms with E-state index in [9.17, 15) is 9.18 Å².